The molecular formula is C21H29N3O5. The first kappa shape index (κ1) is 21.0. The van der Waals surface area contributed by atoms with Crippen molar-refractivity contribution in [3.63, 3.8) is 0 Å². The topological polar surface area (TPSA) is 97.0 Å². The fourth-order valence-corrected chi connectivity index (χ4v) is 3.89. The summed E-state index contributed by atoms with van der Waals surface area (Å²) in [6.07, 6.45) is 3.01. The number of nitrogens with one attached hydrogen (secondary N) is 2. The van der Waals surface area contributed by atoms with Crippen molar-refractivity contribution in [2.45, 2.75) is 52.0 Å². The summed E-state index contributed by atoms with van der Waals surface area (Å²) in [5.41, 5.74) is -0.333. The third-order valence-electron chi connectivity index (χ3n) is 5.50. The first-order valence-electron chi connectivity index (χ1n) is 10.2. The second-order valence-corrected chi connectivity index (χ2v) is 7.66. The van der Waals surface area contributed by atoms with Gasteiger partial charge in [-0.05, 0) is 57.6 Å². The maximum absolute atomic E-state index is 12.9. The van der Waals surface area contributed by atoms with Gasteiger partial charge < -0.3 is 20.1 Å². The van der Waals surface area contributed by atoms with Crippen LogP contribution in [-0.2, 0) is 9.59 Å². The van der Waals surface area contributed by atoms with Gasteiger partial charge in [0.25, 0.3) is 5.91 Å². The first-order valence-corrected chi connectivity index (χ1v) is 10.2. The lowest BCUT2D eigenvalue weighted by Gasteiger charge is -2.33. The Morgan fingerprint density at radius 3 is 2.48 bits per heavy atom. The lowest BCUT2D eigenvalue weighted by atomic mass is 9.77. The molecule has 1 aromatic carbocycles. The Balaban J connectivity index is 1.65. The van der Waals surface area contributed by atoms with Gasteiger partial charge in [-0.15, -0.1) is 0 Å². The molecule has 1 heterocycles. The Morgan fingerprint density at radius 1 is 1.17 bits per heavy atom. The van der Waals surface area contributed by atoms with Gasteiger partial charge in [0.15, 0.2) is 11.5 Å². The van der Waals surface area contributed by atoms with E-state index >= 15 is 0 Å². The van der Waals surface area contributed by atoms with Gasteiger partial charge in [-0.2, -0.15) is 0 Å². The number of hydrogen-bond donors (Lipinski definition) is 2. The van der Waals surface area contributed by atoms with Gasteiger partial charge in [-0.1, -0.05) is 6.92 Å². The molecule has 0 radical (unpaired) electrons. The summed E-state index contributed by atoms with van der Waals surface area (Å²) in [6.45, 7) is 6.52. The van der Waals surface area contributed by atoms with E-state index in [2.05, 4.69) is 17.6 Å². The molecule has 4 amide bonds. The van der Waals surface area contributed by atoms with Gasteiger partial charge in [-0.25, -0.2) is 4.79 Å². The van der Waals surface area contributed by atoms with Gasteiger partial charge >= 0.3 is 6.03 Å². The normalized spacial score (nSPS) is 23.8. The summed E-state index contributed by atoms with van der Waals surface area (Å²) in [5, 5.41) is 5.56. The van der Waals surface area contributed by atoms with E-state index in [-0.39, 0.29) is 12.5 Å². The molecule has 1 saturated carbocycles. The highest BCUT2D eigenvalue weighted by molar-refractivity contribution is 6.10. The molecular weight excluding hydrogens is 374 g/mol. The van der Waals surface area contributed by atoms with Gasteiger partial charge in [-0.3, -0.25) is 14.5 Å². The van der Waals surface area contributed by atoms with E-state index in [1.165, 1.54) is 0 Å². The van der Waals surface area contributed by atoms with Crippen LogP contribution in [-0.4, -0.2) is 48.0 Å². The van der Waals surface area contributed by atoms with Gasteiger partial charge in [0, 0.05) is 11.8 Å². The van der Waals surface area contributed by atoms with Crippen molar-refractivity contribution < 1.29 is 23.9 Å². The molecule has 3 rings (SSSR count). The van der Waals surface area contributed by atoms with Crippen LogP contribution in [0.4, 0.5) is 10.5 Å². The largest absolute Gasteiger partial charge is 0.490 e. The summed E-state index contributed by atoms with van der Waals surface area (Å²) >= 11 is 0. The number of amides is 4. The second-order valence-electron chi connectivity index (χ2n) is 7.66. The number of nitrogens with zero attached hydrogens (tertiary/aromatic N) is 1. The number of carbonyl (C=O) groups is 3. The van der Waals surface area contributed by atoms with Crippen LogP contribution < -0.4 is 20.1 Å². The van der Waals surface area contributed by atoms with Crippen LogP contribution in [0.1, 0.15) is 46.5 Å². The van der Waals surface area contributed by atoms with Crippen molar-refractivity contribution in [2.75, 3.05) is 25.1 Å². The highest BCUT2D eigenvalue weighted by Crippen LogP contribution is 2.36. The van der Waals surface area contributed by atoms with Crippen LogP contribution in [0, 0.1) is 5.92 Å². The molecule has 0 aromatic heterocycles. The Labute approximate surface area is 170 Å². The van der Waals surface area contributed by atoms with Crippen LogP contribution in [0.3, 0.4) is 0 Å². The number of urea groups is 1. The summed E-state index contributed by atoms with van der Waals surface area (Å²) in [7, 11) is 0. The second kappa shape index (κ2) is 8.71. The maximum atomic E-state index is 12.9. The highest BCUT2D eigenvalue weighted by atomic mass is 16.5. The Morgan fingerprint density at radius 2 is 1.83 bits per heavy atom. The van der Waals surface area contributed by atoms with Gasteiger partial charge in [0.05, 0.1) is 13.2 Å². The minimum atomic E-state index is -0.842. The molecule has 0 unspecified atom stereocenters. The Hall–Kier alpha value is -2.77. The molecule has 0 bridgehead atoms. The molecule has 1 spiro atoms. The van der Waals surface area contributed by atoms with E-state index in [9.17, 15) is 14.4 Å². The van der Waals surface area contributed by atoms with Crippen molar-refractivity contribution in [3.05, 3.63) is 18.2 Å². The standard InChI is InChI=1S/C21H29N3O5/c1-4-28-16-7-6-15(12-17(16)29-5-2)22-18(25)13-24-19(26)21(23-20(24)27)10-8-14(3)9-11-21/h6-7,12,14H,4-5,8-11,13H2,1-3H3,(H,22,25)(H,23,27). The minimum absolute atomic E-state index is 0.300. The van der Waals surface area contributed by atoms with Crippen molar-refractivity contribution in [3.8, 4) is 11.5 Å². The molecule has 8 heteroatoms. The summed E-state index contributed by atoms with van der Waals surface area (Å²) in [4.78, 5) is 38.8. The lowest BCUT2D eigenvalue weighted by Crippen LogP contribution is -2.49. The zero-order chi connectivity index (χ0) is 21.0. The van der Waals surface area contributed by atoms with Crippen molar-refractivity contribution in [1.29, 1.82) is 0 Å². The Kier molecular flexibility index (Phi) is 6.30. The van der Waals surface area contributed by atoms with Crippen molar-refractivity contribution in [2.24, 2.45) is 5.92 Å². The number of ether oxygens (including phenoxy) is 2. The fourth-order valence-electron chi connectivity index (χ4n) is 3.89. The molecule has 29 heavy (non-hydrogen) atoms. The SMILES string of the molecule is CCOc1ccc(NC(=O)CN2C(=O)NC3(CCC(C)CC3)C2=O)cc1OCC. The third-order valence-corrected chi connectivity index (χ3v) is 5.50. The van der Waals surface area contributed by atoms with Crippen LogP contribution in [0.5, 0.6) is 11.5 Å². The molecule has 8 nitrogen and oxygen atoms in total. The molecule has 158 valence electrons. The molecule has 1 aliphatic carbocycles. The summed E-state index contributed by atoms with van der Waals surface area (Å²) in [5.74, 6) is 0.918. The zero-order valence-electron chi connectivity index (χ0n) is 17.2. The van der Waals surface area contributed by atoms with E-state index < -0.39 is 17.5 Å². The number of imide groups is 1. The number of benzene rings is 1. The number of anilines is 1. The van der Waals surface area contributed by atoms with Crippen LogP contribution in [0.2, 0.25) is 0 Å². The predicted octanol–water partition coefficient (Wildman–Crippen LogP) is 2.92. The molecule has 2 N–H and O–H groups in total. The summed E-state index contributed by atoms with van der Waals surface area (Å²) < 4.78 is 11.1. The fraction of sp³-hybridized carbons (Fsp3) is 0.571. The van der Waals surface area contributed by atoms with Gasteiger partial charge in [0.1, 0.15) is 12.1 Å². The quantitative estimate of drug-likeness (QED) is 0.683. The molecule has 0 atom stereocenters. The molecule has 1 saturated heterocycles. The van der Waals surface area contributed by atoms with E-state index in [4.69, 9.17) is 9.47 Å². The van der Waals surface area contributed by atoms with Crippen LogP contribution in [0.15, 0.2) is 18.2 Å². The minimum Gasteiger partial charge on any atom is -0.490 e. The first-order chi connectivity index (χ1) is 13.9. The maximum Gasteiger partial charge on any atom is 0.325 e. The van der Waals surface area contributed by atoms with Crippen molar-refractivity contribution in [1.82, 2.24) is 10.2 Å². The van der Waals surface area contributed by atoms with Crippen LogP contribution in [0.25, 0.3) is 0 Å². The average Bonchev–Trinajstić information content (AvgIpc) is 2.91. The average molecular weight is 403 g/mol. The van der Waals surface area contributed by atoms with E-state index in [1.54, 1.807) is 18.2 Å². The van der Waals surface area contributed by atoms with Gasteiger partial charge in [0.2, 0.25) is 5.91 Å². The van der Waals surface area contributed by atoms with Crippen molar-refractivity contribution >= 4 is 23.5 Å². The number of rotatable bonds is 7. The number of carbonyl (C=O) groups excluding carboxylic acids is 3. The van der Waals surface area contributed by atoms with E-state index in [0.717, 1.165) is 17.7 Å². The van der Waals surface area contributed by atoms with E-state index in [1.807, 2.05) is 13.8 Å². The monoisotopic (exact) mass is 403 g/mol. The molecule has 2 aliphatic rings. The summed E-state index contributed by atoms with van der Waals surface area (Å²) in [6, 6.07) is 4.58. The zero-order valence-corrected chi connectivity index (χ0v) is 17.2. The Bertz CT molecular complexity index is 787. The van der Waals surface area contributed by atoms with Crippen LogP contribution >= 0.6 is 0 Å². The predicted molar refractivity (Wildman–Crippen MR) is 108 cm³/mol. The highest BCUT2D eigenvalue weighted by Gasteiger charge is 2.52. The number of hydrogen-bond acceptors (Lipinski definition) is 5. The molecule has 1 aromatic rings. The third kappa shape index (κ3) is 4.46. The smallest absolute Gasteiger partial charge is 0.325 e. The molecule has 1 aliphatic heterocycles. The lowest BCUT2D eigenvalue weighted by molar-refractivity contribution is -0.135. The van der Waals surface area contributed by atoms with E-state index in [0.29, 0.717) is 49.2 Å². The molecule has 2 fully saturated rings.